The van der Waals surface area contributed by atoms with Crippen molar-refractivity contribution < 1.29 is 5.11 Å². The first-order chi connectivity index (χ1) is 10.00. The lowest BCUT2D eigenvalue weighted by Crippen LogP contribution is -2.30. The van der Waals surface area contributed by atoms with E-state index in [0.717, 1.165) is 31.3 Å². The molecular weight excluding hydrogens is 280 g/mol. The van der Waals surface area contributed by atoms with E-state index in [2.05, 4.69) is 49.3 Å². The van der Waals surface area contributed by atoms with Crippen LogP contribution in [0, 0.1) is 5.41 Å². The number of hydrogen-bond acceptors (Lipinski definition) is 4. The number of benzene rings is 1. The average Bonchev–Trinajstić information content (AvgIpc) is 2.85. The highest BCUT2D eigenvalue weighted by molar-refractivity contribution is 7.18. The quantitative estimate of drug-likeness (QED) is 0.732. The maximum Gasteiger partial charge on any atom is 0.0954 e. The van der Waals surface area contributed by atoms with Gasteiger partial charge in [0, 0.05) is 19.1 Å². The number of aromatic nitrogens is 1. The van der Waals surface area contributed by atoms with Crippen molar-refractivity contribution in [3.05, 3.63) is 29.3 Å². The van der Waals surface area contributed by atoms with Gasteiger partial charge < -0.3 is 10.4 Å². The van der Waals surface area contributed by atoms with Crippen LogP contribution >= 0.6 is 11.3 Å². The summed E-state index contributed by atoms with van der Waals surface area (Å²) >= 11 is 1.79. The summed E-state index contributed by atoms with van der Waals surface area (Å²) in [4.78, 5) is 4.68. The van der Waals surface area contributed by atoms with Crippen LogP contribution < -0.4 is 5.32 Å². The average molecular weight is 306 g/mol. The third kappa shape index (κ3) is 5.06. The maximum absolute atomic E-state index is 9.24. The molecule has 1 atom stereocenters. The predicted octanol–water partition coefficient (Wildman–Crippen LogP) is 3.62. The number of aliphatic hydroxyl groups is 1. The Morgan fingerprint density at radius 3 is 2.81 bits per heavy atom. The number of fused-ring (bicyclic) bond motifs is 1. The first-order valence-electron chi connectivity index (χ1n) is 7.69. The molecule has 0 bridgehead atoms. The number of para-hydroxylation sites is 1. The summed E-state index contributed by atoms with van der Waals surface area (Å²) in [5.74, 6) is 0. The highest BCUT2D eigenvalue weighted by Gasteiger charge is 2.15. The molecule has 0 aliphatic heterocycles. The second-order valence-corrected chi connectivity index (χ2v) is 7.68. The zero-order valence-corrected chi connectivity index (χ0v) is 14.0. The molecule has 21 heavy (non-hydrogen) atoms. The van der Waals surface area contributed by atoms with E-state index in [1.807, 2.05) is 6.07 Å². The number of aliphatic hydroxyl groups excluding tert-OH is 1. The molecule has 1 unspecified atom stereocenters. The first kappa shape index (κ1) is 16.4. The number of nitrogens with zero attached hydrogens (tertiary/aromatic N) is 1. The van der Waals surface area contributed by atoms with Crippen LogP contribution in [0.15, 0.2) is 24.3 Å². The first-order valence-corrected chi connectivity index (χ1v) is 8.50. The molecule has 1 heterocycles. The minimum absolute atomic E-state index is 0.0396. The summed E-state index contributed by atoms with van der Waals surface area (Å²) in [6.07, 6.45) is 3.12. The summed E-state index contributed by atoms with van der Waals surface area (Å²) in [7, 11) is 0. The fourth-order valence-corrected chi connectivity index (χ4v) is 3.43. The molecule has 2 aromatic rings. The fourth-order valence-electron chi connectivity index (χ4n) is 2.34. The molecule has 0 aliphatic carbocycles. The summed E-state index contributed by atoms with van der Waals surface area (Å²) in [6, 6.07) is 8.74. The van der Waals surface area contributed by atoms with Crippen molar-refractivity contribution in [1.82, 2.24) is 10.3 Å². The van der Waals surface area contributed by atoms with Crippen molar-refractivity contribution in [2.45, 2.75) is 46.1 Å². The van der Waals surface area contributed by atoms with Gasteiger partial charge in [0.15, 0.2) is 0 Å². The minimum atomic E-state index is 0.0396. The van der Waals surface area contributed by atoms with Crippen molar-refractivity contribution in [2.75, 3.05) is 13.2 Å². The molecule has 2 rings (SSSR count). The summed E-state index contributed by atoms with van der Waals surface area (Å²) < 4.78 is 1.27. The SMILES string of the molecule is CC(Cc1nc2ccccc2s1)NCCCC(C)(C)CO. The van der Waals surface area contributed by atoms with Gasteiger partial charge in [-0.15, -0.1) is 11.3 Å². The second kappa shape index (κ2) is 7.34. The van der Waals surface area contributed by atoms with E-state index in [0.29, 0.717) is 6.04 Å². The molecule has 3 nitrogen and oxygen atoms in total. The number of hydrogen-bond donors (Lipinski definition) is 2. The lowest BCUT2D eigenvalue weighted by atomic mass is 9.89. The second-order valence-electron chi connectivity index (χ2n) is 6.56. The van der Waals surface area contributed by atoms with Crippen LogP contribution in [0.1, 0.15) is 38.6 Å². The molecular formula is C17H26N2OS. The molecule has 0 fully saturated rings. The van der Waals surface area contributed by atoms with Crippen molar-refractivity contribution in [3.8, 4) is 0 Å². The van der Waals surface area contributed by atoms with Crippen LogP contribution in [0.5, 0.6) is 0 Å². The zero-order chi connectivity index (χ0) is 15.3. The molecule has 0 aliphatic rings. The van der Waals surface area contributed by atoms with E-state index in [4.69, 9.17) is 0 Å². The van der Waals surface area contributed by atoms with E-state index < -0.39 is 0 Å². The van der Waals surface area contributed by atoms with Gasteiger partial charge in [-0.05, 0) is 43.9 Å². The van der Waals surface area contributed by atoms with E-state index in [1.54, 1.807) is 11.3 Å². The molecule has 0 radical (unpaired) electrons. The Hall–Kier alpha value is -0.970. The number of thiazole rings is 1. The molecule has 0 saturated heterocycles. The van der Waals surface area contributed by atoms with Crippen LogP contribution in [0.2, 0.25) is 0 Å². The van der Waals surface area contributed by atoms with Gasteiger partial charge in [-0.2, -0.15) is 0 Å². The normalized spacial score (nSPS) is 13.7. The third-order valence-corrected chi connectivity index (χ3v) is 4.83. The Morgan fingerprint density at radius 1 is 1.33 bits per heavy atom. The van der Waals surface area contributed by atoms with Crippen LogP contribution in [0.3, 0.4) is 0 Å². The van der Waals surface area contributed by atoms with Gasteiger partial charge in [0.2, 0.25) is 0 Å². The molecule has 0 spiro atoms. The Bertz CT molecular complexity index is 532. The summed E-state index contributed by atoms with van der Waals surface area (Å²) in [6.45, 7) is 7.68. The van der Waals surface area contributed by atoms with Crippen molar-refractivity contribution in [1.29, 1.82) is 0 Å². The predicted molar refractivity (Wildman–Crippen MR) is 90.9 cm³/mol. The van der Waals surface area contributed by atoms with Gasteiger partial charge in [0.1, 0.15) is 0 Å². The number of nitrogens with one attached hydrogen (secondary N) is 1. The standard InChI is InChI=1S/C17H26N2OS/c1-13(18-10-6-9-17(2,3)12-20)11-16-19-14-7-4-5-8-15(14)21-16/h4-5,7-8,13,18,20H,6,9-12H2,1-3H3. The van der Waals surface area contributed by atoms with Crippen molar-refractivity contribution >= 4 is 21.6 Å². The number of rotatable bonds is 8. The lowest BCUT2D eigenvalue weighted by molar-refractivity contribution is 0.147. The third-order valence-electron chi connectivity index (χ3n) is 3.77. The van der Waals surface area contributed by atoms with Crippen LogP contribution in [-0.4, -0.2) is 29.3 Å². The van der Waals surface area contributed by atoms with Gasteiger partial charge >= 0.3 is 0 Å². The van der Waals surface area contributed by atoms with Gasteiger partial charge in [0.05, 0.1) is 15.2 Å². The van der Waals surface area contributed by atoms with Gasteiger partial charge in [0.25, 0.3) is 0 Å². The Balaban J connectivity index is 1.75. The largest absolute Gasteiger partial charge is 0.396 e. The van der Waals surface area contributed by atoms with E-state index in [9.17, 15) is 5.11 Å². The minimum Gasteiger partial charge on any atom is -0.396 e. The molecule has 2 N–H and O–H groups in total. The van der Waals surface area contributed by atoms with Gasteiger partial charge in [-0.3, -0.25) is 0 Å². The molecule has 1 aromatic heterocycles. The Morgan fingerprint density at radius 2 is 2.10 bits per heavy atom. The van der Waals surface area contributed by atoms with E-state index in [-0.39, 0.29) is 12.0 Å². The van der Waals surface area contributed by atoms with E-state index >= 15 is 0 Å². The highest BCUT2D eigenvalue weighted by Crippen LogP contribution is 2.23. The van der Waals surface area contributed by atoms with Crippen LogP contribution in [-0.2, 0) is 6.42 Å². The van der Waals surface area contributed by atoms with Gasteiger partial charge in [-0.25, -0.2) is 4.98 Å². The maximum atomic E-state index is 9.24. The van der Waals surface area contributed by atoms with E-state index in [1.165, 1.54) is 9.71 Å². The van der Waals surface area contributed by atoms with Crippen molar-refractivity contribution in [2.24, 2.45) is 5.41 Å². The Labute approximate surface area is 131 Å². The molecule has 0 amide bonds. The summed E-state index contributed by atoms with van der Waals surface area (Å²) in [5.41, 5.74) is 1.15. The topological polar surface area (TPSA) is 45.2 Å². The lowest BCUT2D eigenvalue weighted by Gasteiger charge is -2.22. The van der Waals surface area contributed by atoms with Crippen molar-refractivity contribution in [3.63, 3.8) is 0 Å². The monoisotopic (exact) mass is 306 g/mol. The fraction of sp³-hybridized carbons (Fsp3) is 0.588. The van der Waals surface area contributed by atoms with Crippen LogP contribution in [0.4, 0.5) is 0 Å². The smallest absolute Gasteiger partial charge is 0.0954 e. The molecule has 4 heteroatoms. The molecule has 1 aromatic carbocycles. The molecule has 116 valence electrons. The van der Waals surface area contributed by atoms with Gasteiger partial charge in [-0.1, -0.05) is 26.0 Å². The highest BCUT2D eigenvalue weighted by atomic mass is 32.1. The summed E-state index contributed by atoms with van der Waals surface area (Å²) in [5, 5.41) is 14.0. The molecule has 0 saturated carbocycles. The zero-order valence-electron chi connectivity index (χ0n) is 13.2. The van der Waals surface area contributed by atoms with Crippen LogP contribution in [0.25, 0.3) is 10.2 Å². The Kier molecular flexibility index (Phi) is 5.73.